The normalized spacial score (nSPS) is 14.6. The molecule has 0 unspecified atom stereocenters. The minimum atomic E-state index is 0.569. The molecule has 1 aromatic carbocycles. The molecule has 1 saturated carbocycles. The lowest BCUT2D eigenvalue weighted by molar-refractivity contribution is 0.693. The maximum Gasteiger partial charge on any atom is 0.250 e. The summed E-state index contributed by atoms with van der Waals surface area (Å²) in [5.41, 5.74) is 6.60. The number of hydrogen-bond donors (Lipinski definition) is 1. The van der Waals surface area contributed by atoms with Crippen LogP contribution in [0.2, 0.25) is 0 Å². The van der Waals surface area contributed by atoms with Crippen LogP contribution in [0.1, 0.15) is 19.3 Å². The summed E-state index contributed by atoms with van der Waals surface area (Å²) >= 11 is 0. The Balaban J connectivity index is 1.89. The van der Waals surface area contributed by atoms with Gasteiger partial charge in [-0.1, -0.05) is 23.3 Å². The number of hydrogen-bond acceptors (Lipinski definition) is 5. The summed E-state index contributed by atoms with van der Waals surface area (Å²) in [6.45, 7) is 1.60. The van der Waals surface area contributed by atoms with Gasteiger partial charge in [-0.25, -0.2) is 0 Å². The van der Waals surface area contributed by atoms with Crippen LogP contribution in [0.25, 0.3) is 5.69 Å². The highest BCUT2D eigenvalue weighted by Crippen LogP contribution is 2.31. The Morgan fingerprint density at radius 2 is 2.05 bits per heavy atom. The molecule has 0 spiro atoms. The molecular weight excluding hydrogens is 240 g/mol. The van der Waals surface area contributed by atoms with Crippen LogP contribution in [0.4, 0.5) is 5.95 Å². The van der Waals surface area contributed by atoms with E-state index in [1.165, 1.54) is 12.8 Å². The summed E-state index contributed by atoms with van der Waals surface area (Å²) < 4.78 is 1.80. The van der Waals surface area contributed by atoms with Crippen LogP contribution in [-0.2, 0) is 0 Å². The van der Waals surface area contributed by atoms with Crippen molar-refractivity contribution in [3.8, 4) is 5.69 Å². The molecular formula is C13H18N6. The Hall–Kier alpha value is -1.95. The SMILES string of the molecule is NCCCN(c1nnnn1-c1ccccc1)C1CC1. The fourth-order valence-corrected chi connectivity index (χ4v) is 2.19. The van der Waals surface area contributed by atoms with Crippen LogP contribution in [0.5, 0.6) is 0 Å². The zero-order valence-electron chi connectivity index (χ0n) is 10.8. The van der Waals surface area contributed by atoms with E-state index in [0.29, 0.717) is 12.6 Å². The Bertz CT molecular complexity index is 519. The van der Waals surface area contributed by atoms with E-state index in [0.717, 1.165) is 24.6 Å². The van der Waals surface area contributed by atoms with Gasteiger partial charge in [0.1, 0.15) is 0 Å². The Morgan fingerprint density at radius 3 is 2.74 bits per heavy atom. The van der Waals surface area contributed by atoms with Crippen molar-refractivity contribution in [1.82, 2.24) is 20.2 Å². The van der Waals surface area contributed by atoms with Gasteiger partial charge < -0.3 is 10.6 Å². The quantitative estimate of drug-likeness (QED) is 0.836. The summed E-state index contributed by atoms with van der Waals surface area (Å²) in [7, 11) is 0. The molecule has 0 aliphatic heterocycles. The summed E-state index contributed by atoms with van der Waals surface area (Å²) in [5.74, 6) is 0.821. The highest BCUT2D eigenvalue weighted by Gasteiger charge is 2.32. The molecule has 100 valence electrons. The third-order valence-electron chi connectivity index (χ3n) is 3.30. The number of aromatic nitrogens is 4. The molecule has 1 aliphatic carbocycles. The molecule has 1 aliphatic rings. The van der Waals surface area contributed by atoms with Crippen LogP contribution in [-0.4, -0.2) is 39.3 Å². The average molecular weight is 258 g/mol. The van der Waals surface area contributed by atoms with Crippen molar-refractivity contribution in [2.75, 3.05) is 18.0 Å². The lowest BCUT2D eigenvalue weighted by Gasteiger charge is -2.22. The first-order valence-electron chi connectivity index (χ1n) is 6.70. The third-order valence-corrected chi connectivity index (χ3v) is 3.30. The van der Waals surface area contributed by atoms with E-state index >= 15 is 0 Å². The van der Waals surface area contributed by atoms with Gasteiger partial charge >= 0.3 is 0 Å². The third kappa shape index (κ3) is 2.58. The number of nitrogens with two attached hydrogens (primary N) is 1. The Labute approximate surface area is 112 Å². The van der Waals surface area contributed by atoms with Gasteiger partial charge in [0.05, 0.1) is 5.69 Å². The van der Waals surface area contributed by atoms with Crippen molar-refractivity contribution in [1.29, 1.82) is 0 Å². The number of nitrogens with zero attached hydrogens (tertiary/aromatic N) is 5. The minimum Gasteiger partial charge on any atom is -0.336 e. The van der Waals surface area contributed by atoms with E-state index in [9.17, 15) is 0 Å². The molecule has 1 fully saturated rings. The number of para-hydroxylation sites is 1. The molecule has 2 N–H and O–H groups in total. The van der Waals surface area contributed by atoms with Gasteiger partial charge in [0, 0.05) is 12.6 Å². The Kier molecular flexibility index (Phi) is 3.41. The van der Waals surface area contributed by atoms with E-state index in [1.54, 1.807) is 4.68 Å². The van der Waals surface area contributed by atoms with Gasteiger partial charge in [-0.05, 0) is 48.4 Å². The molecule has 0 amide bonds. The number of rotatable bonds is 6. The van der Waals surface area contributed by atoms with E-state index in [-0.39, 0.29) is 0 Å². The average Bonchev–Trinajstić information content (AvgIpc) is 3.17. The van der Waals surface area contributed by atoms with E-state index in [2.05, 4.69) is 20.4 Å². The summed E-state index contributed by atoms with van der Waals surface area (Å²) in [6.07, 6.45) is 3.39. The van der Waals surface area contributed by atoms with Crippen LogP contribution in [0, 0.1) is 0 Å². The summed E-state index contributed by atoms with van der Waals surface area (Å²) in [6, 6.07) is 10.5. The molecule has 6 heteroatoms. The molecule has 0 radical (unpaired) electrons. The van der Waals surface area contributed by atoms with Crippen LogP contribution in [0.15, 0.2) is 30.3 Å². The molecule has 0 saturated heterocycles. The van der Waals surface area contributed by atoms with Gasteiger partial charge in [-0.3, -0.25) is 0 Å². The fourth-order valence-electron chi connectivity index (χ4n) is 2.19. The molecule has 0 bridgehead atoms. The van der Waals surface area contributed by atoms with Crippen molar-refractivity contribution in [3.63, 3.8) is 0 Å². The van der Waals surface area contributed by atoms with E-state index < -0.39 is 0 Å². The monoisotopic (exact) mass is 258 g/mol. The van der Waals surface area contributed by atoms with E-state index in [1.807, 2.05) is 30.3 Å². The molecule has 3 rings (SSSR count). The Morgan fingerprint density at radius 1 is 1.26 bits per heavy atom. The second kappa shape index (κ2) is 5.36. The van der Waals surface area contributed by atoms with Crippen LogP contribution in [0.3, 0.4) is 0 Å². The minimum absolute atomic E-state index is 0.569. The second-order valence-electron chi connectivity index (χ2n) is 4.79. The van der Waals surface area contributed by atoms with Crippen molar-refractivity contribution >= 4 is 5.95 Å². The maximum absolute atomic E-state index is 5.61. The lowest BCUT2D eigenvalue weighted by atomic mass is 10.3. The molecule has 1 aromatic heterocycles. The van der Waals surface area contributed by atoms with Gasteiger partial charge in [-0.2, -0.15) is 4.68 Å². The maximum atomic E-state index is 5.61. The highest BCUT2D eigenvalue weighted by atomic mass is 15.6. The largest absolute Gasteiger partial charge is 0.336 e. The van der Waals surface area contributed by atoms with Gasteiger partial charge in [0.25, 0.3) is 5.95 Å². The predicted molar refractivity (Wildman–Crippen MR) is 73.2 cm³/mol. The number of benzene rings is 1. The number of anilines is 1. The lowest BCUT2D eigenvalue weighted by Crippen LogP contribution is -2.31. The van der Waals surface area contributed by atoms with Crippen molar-refractivity contribution in [2.45, 2.75) is 25.3 Å². The summed E-state index contributed by atoms with van der Waals surface area (Å²) in [5, 5.41) is 12.1. The van der Waals surface area contributed by atoms with Crippen LogP contribution < -0.4 is 10.6 Å². The second-order valence-corrected chi connectivity index (χ2v) is 4.79. The van der Waals surface area contributed by atoms with E-state index in [4.69, 9.17) is 5.73 Å². The van der Waals surface area contributed by atoms with Crippen molar-refractivity contribution < 1.29 is 0 Å². The molecule has 1 heterocycles. The van der Waals surface area contributed by atoms with Gasteiger partial charge in [-0.15, -0.1) is 0 Å². The predicted octanol–water partition coefficient (Wildman–Crippen LogP) is 0.980. The van der Waals surface area contributed by atoms with Crippen molar-refractivity contribution in [2.24, 2.45) is 5.73 Å². The first-order valence-corrected chi connectivity index (χ1v) is 6.70. The smallest absolute Gasteiger partial charge is 0.250 e. The van der Waals surface area contributed by atoms with Gasteiger partial charge in [0.15, 0.2) is 0 Å². The molecule has 19 heavy (non-hydrogen) atoms. The first kappa shape index (κ1) is 12.1. The highest BCUT2D eigenvalue weighted by molar-refractivity contribution is 5.42. The first-order chi connectivity index (χ1) is 9.40. The molecule has 2 aromatic rings. The van der Waals surface area contributed by atoms with Crippen LogP contribution >= 0.6 is 0 Å². The van der Waals surface area contributed by atoms with Gasteiger partial charge in [0.2, 0.25) is 0 Å². The summed E-state index contributed by atoms with van der Waals surface area (Å²) in [4.78, 5) is 2.28. The topological polar surface area (TPSA) is 72.9 Å². The zero-order chi connectivity index (χ0) is 13.1. The zero-order valence-corrected chi connectivity index (χ0v) is 10.8. The fraction of sp³-hybridized carbons (Fsp3) is 0.462. The standard InChI is InChI=1S/C13H18N6/c14-9-4-10-18(11-7-8-11)13-15-16-17-19(13)12-5-2-1-3-6-12/h1-3,5-6,11H,4,7-10,14H2. The molecule has 0 atom stereocenters. The number of tetrazole rings is 1. The molecule has 6 nitrogen and oxygen atoms in total. The van der Waals surface area contributed by atoms with Crippen molar-refractivity contribution in [3.05, 3.63) is 30.3 Å².